The number of anilines is 1. The number of aliphatic hydroxyl groups is 2. The largest absolute Gasteiger partial charge is 0.394 e. The van der Waals surface area contributed by atoms with Gasteiger partial charge in [0.15, 0.2) is 0 Å². The Balaban J connectivity index is 1.91. The smallest absolute Gasteiger partial charge is 0.319 e. The average molecular weight is 386 g/mol. The van der Waals surface area contributed by atoms with Gasteiger partial charge in [-0.05, 0) is 37.6 Å². The summed E-state index contributed by atoms with van der Waals surface area (Å²) < 4.78 is 0.904. The van der Waals surface area contributed by atoms with Crippen molar-refractivity contribution >= 4 is 33.6 Å². The molecule has 1 aliphatic rings. The fourth-order valence-corrected chi connectivity index (χ4v) is 2.78. The number of nitrogens with one attached hydrogen (secondary N) is 2. The van der Waals surface area contributed by atoms with Crippen molar-refractivity contribution in [2.45, 2.75) is 31.5 Å². The minimum Gasteiger partial charge on any atom is -0.394 e. The van der Waals surface area contributed by atoms with Gasteiger partial charge >= 0.3 is 6.03 Å². The van der Waals surface area contributed by atoms with Crippen molar-refractivity contribution in [3.05, 3.63) is 28.7 Å². The van der Waals surface area contributed by atoms with Crippen LogP contribution in [-0.2, 0) is 4.79 Å². The third-order valence-electron chi connectivity index (χ3n) is 3.72. The molecule has 1 aliphatic heterocycles. The van der Waals surface area contributed by atoms with E-state index in [-0.39, 0.29) is 18.5 Å². The third-order valence-corrected chi connectivity index (χ3v) is 4.24. The fourth-order valence-electron chi connectivity index (χ4n) is 2.52. The van der Waals surface area contributed by atoms with Gasteiger partial charge in [0.25, 0.3) is 0 Å². The number of benzene rings is 1. The van der Waals surface area contributed by atoms with Crippen LogP contribution in [0.5, 0.6) is 0 Å². The van der Waals surface area contributed by atoms with Crippen molar-refractivity contribution in [1.82, 2.24) is 10.2 Å². The summed E-state index contributed by atoms with van der Waals surface area (Å²) in [6.45, 7) is 1.50. The zero-order chi connectivity index (χ0) is 17.0. The molecule has 1 heterocycles. The zero-order valence-electron chi connectivity index (χ0n) is 12.7. The maximum absolute atomic E-state index is 12.3. The topological polar surface area (TPSA) is 102 Å². The molecule has 1 aromatic carbocycles. The molecule has 0 saturated carbocycles. The minimum atomic E-state index is -0.975. The molecule has 2 unspecified atom stereocenters. The van der Waals surface area contributed by atoms with Crippen molar-refractivity contribution in [1.29, 1.82) is 0 Å². The first-order chi connectivity index (χ1) is 10.9. The van der Waals surface area contributed by atoms with Crippen LogP contribution in [0, 0.1) is 0 Å². The van der Waals surface area contributed by atoms with E-state index in [1.807, 2.05) is 6.92 Å². The first-order valence-electron chi connectivity index (χ1n) is 7.33. The quantitative estimate of drug-likeness (QED) is 0.604. The number of carbonyl (C=O) groups is 2. The molecule has 1 aromatic rings. The monoisotopic (exact) mass is 385 g/mol. The molecule has 1 fully saturated rings. The molecule has 126 valence electrons. The van der Waals surface area contributed by atoms with E-state index < -0.39 is 24.8 Å². The highest BCUT2D eigenvalue weighted by Gasteiger charge is 2.38. The summed E-state index contributed by atoms with van der Waals surface area (Å²) in [7, 11) is 0. The van der Waals surface area contributed by atoms with E-state index in [2.05, 4.69) is 26.6 Å². The first-order valence-corrected chi connectivity index (χ1v) is 8.12. The van der Waals surface area contributed by atoms with Gasteiger partial charge in [0.1, 0.15) is 6.04 Å². The van der Waals surface area contributed by atoms with E-state index >= 15 is 0 Å². The SMILES string of the molecule is CC1C[C@H](NC(=O)Nc2ccc(Br)cc2)C(=O)N1CC(O)CO. The minimum absolute atomic E-state index is 0.0585. The van der Waals surface area contributed by atoms with E-state index in [1.165, 1.54) is 4.90 Å². The Labute approximate surface area is 142 Å². The first kappa shape index (κ1) is 17.7. The lowest BCUT2D eigenvalue weighted by Gasteiger charge is -2.23. The van der Waals surface area contributed by atoms with Crippen LogP contribution in [-0.4, -0.2) is 58.4 Å². The van der Waals surface area contributed by atoms with Crippen molar-refractivity contribution in [3.63, 3.8) is 0 Å². The molecule has 1 saturated heterocycles. The van der Waals surface area contributed by atoms with Gasteiger partial charge in [-0.2, -0.15) is 0 Å². The van der Waals surface area contributed by atoms with Gasteiger partial charge in [-0.15, -0.1) is 0 Å². The van der Waals surface area contributed by atoms with Gasteiger partial charge in [0.2, 0.25) is 5.91 Å². The fraction of sp³-hybridized carbons (Fsp3) is 0.467. The summed E-state index contributed by atoms with van der Waals surface area (Å²) in [5, 5.41) is 23.7. The number of likely N-dealkylation sites (tertiary alicyclic amines) is 1. The van der Waals surface area contributed by atoms with E-state index in [9.17, 15) is 14.7 Å². The highest BCUT2D eigenvalue weighted by atomic mass is 79.9. The van der Waals surface area contributed by atoms with Crippen LogP contribution in [0.2, 0.25) is 0 Å². The molecule has 0 bridgehead atoms. The highest BCUT2D eigenvalue weighted by molar-refractivity contribution is 9.10. The van der Waals surface area contributed by atoms with E-state index in [0.29, 0.717) is 12.1 Å². The summed E-state index contributed by atoms with van der Waals surface area (Å²) in [5.41, 5.74) is 0.622. The second-order valence-electron chi connectivity index (χ2n) is 5.57. The predicted octanol–water partition coefficient (Wildman–Crippen LogP) is 0.913. The maximum Gasteiger partial charge on any atom is 0.319 e. The van der Waals surface area contributed by atoms with Crippen molar-refractivity contribution in [3.8, 4) is 0 Å². The van der Waals surface area contributed by atoms with Crippen molar-refractivity contribution < 1.29 is 19.8 Å². The number of β-amino-alcohol motifs (C(OH)–C–C–N with tert-alkyl or cyclic N) is 1. The number of halogens is 1. The molecule has 8 heteroatoms. The molecule has 23 heavy (non-hydrogen) atoms. The van der Waals surface area contributed by atoms with E-state index in [0.717, 1.165) is 4.47 Å². The molecule has 4 N–H and O–H groups in total. The third kappa shape index (κ3) is 4.66. The normalized spacial score (nSPS) is 22.1. The van der Waals surface area contributed by atoms with Crippen LogP contribution in [0.4, 0.5) is 10.5 Å². The van der Waals surface area contributed by atoms with Gasteiger partial charge in [-0.1, -0.05) is 15.9 Å². The standard InChI is InChI=1S/C15H20BrN3O4/c1-9-6-13(14(22)19(9)7-12(21)8-20)18-15(23)17-11-4-2-10(16)3-5-11/h2-5,9,12-13,20-21H,6-8H2,1H3,(H2,17,18,23)/t9?,12?,13-/m0/s1. The summed E-state index contributed by atoms with van der Waals surface area (Å²) in [6.07, 6.45) is -0.512. The van der Waals surface area contributed by atoms with E-state index in [1.54, 1.807) is 24.3 Å². The Bertz CT molecular complexity index is 566. The van der Waals surface area contributed by atoms with Crippen LogP contribution in [0.3, 0.4) is 0 Å². The number of urea groups is 1. The second kappa shape index (κ2) is 7.76. The molecule has 0 aromatic heterocycles. The molecule has 3 atom stereocenters. The van der Waals surface area contributed by atoms with Crippen LogP contribution < -0.4 is 10.6 Å². The lowest BCUT2D eigenvalue weighted by atomic mass is 10.2. The lowest BCUT2D eigenvalue weighted by Crippen LogP contribution is -2.45. The van der Waals surface area contributed by atoms with Gasteiger partial charge < -0.3 is 25.7 Å². The number of nitrogens with zero attached hydrogens (tertiary/aromatic N) is 1. The molecule has 0 spiro atoms. The molecular weight excluding hydrogens is 366 g/mol. The van der Waals surface area contributed by atoms with Crippen LogP contribution in [0.25, 0.3) is 0 Å². The van der Waals surface area contributed by atoms with Crippen LogP contribution >= 0.6 is 15.9 Å². The van der Waals surface area contributed by atoms with Crippen LogP contribution in [0.1, 0.15) is 13.3 Å². The Kier molecular flexibility index (Phi) is 5.97. The molecule has 0 radical (unpaired) electrons. The maximum atomic E-state index is 12.3. The summed E-state index contributed by atoms with van der Waals surface area (Å²) in [5.74, 6) is -0.254. The predicted molar refractivity (Wildman–Crippen MR) is 89.0 cm³/mol. The zero-order valence-corrected chi connectivity index (χ0v) is 14.3. The van der Waals surface area contributed by atoms with Crippen molar-refractivity contribution in [2.24, 2.45) is 0 Å². The van der Waals surface area contributed by atoms with Gasteiger partial charge in [0, 0.05) is 22.7 Å². The Hall–Kier alpha value is -1.64. The number of rotatable bonds is 5. The Morgan fingerprint density at radius 3 is 2.70 bits per heavy atom. The summed E-state index contributed by atoms with van der Waals surface area (Å²) in [6, 6.07) is 5.89. The lowest BCUT2D eigenvalue weighted by molar-refractivity contribution is -0.131. The number of hydrogen-bond donors (Lipinski definition) is 4. The van der Waals surface area contributed by atoms with Gasteiger partial charge in [-0.25, -0.2) is 4.79 Å². The Morgan fingerprint density at radius 1 is 1.43 bits per heavy atom. The molecule has 7 nitrogen and oxygen atoms in total. The Morgan fingerprint density at radius 2 is 2.09 bits per heavy atom. The summed E-state index contributed by atoms with van der Waals surface area (Å²) in [4.78, 5) is 25.8. The molecule has 2 rings (SSSR count). The number of carbonyl (C=O) groups excluding carboxylic acids is 2. The van der Waals surface area contributed by atoms with Gasteiger partial charge in [-0.3, -0.25) is 4.79 Å². The molecular formula is C15H20BrN3O4. The average Bonchev–Trinajstić information content (AvgIpc) is 2.77. The van der Waals surface area contributed by atoms with Crippen LogP contribution in [0.15, 0.2) is 28.7 Å². The van der Waals surface area contributed by atoms with Gasteiger partial charge in [0.05, 0.1) is 12.7 Å². The second-order valence-corrected chi connectivity index (χ2v) is 6.49. The summed E-state index contributed by atoms with van der Waals surface area (Å²) >= 11 is 3.31. The molecule has 0 aliphatic carbocycles. The number of aliphatic hydroxyl groups excluding tert-OH is 2. The number of hydrogen-bond acceptors (Lipinski definition) is 4. The molecule has 3 amide bonds. The highest BCUT2D eigenvalue weighted by Crippen LogP contribution is 2.20. The number of amides is 3. The van der Waals surface area contributed by atoms with E-state index in [4.69, 9.17) is 5.11 Å². The van der Waals surface area contributed by atoms with Crippen molar-refractivity contribution in [2.75, 3.05) is 18.5 Å².